The van der Waals surface area contributed by atoms with Gasteiger partial charge in [-0.15, -0.1) is 0 Å². The van der Waals surface area contributed by atoms with E-state index in [2.05, 4.69) is 72.0 Å². The SMILES string of the molecule is CCCCCCC[n+]1ccc(-c2cc[n+](CCCCCCC)cc2)cc1.O.[Br-].[Br-]. The normalized spacial score (nSPS) is 9.86. The summed E-state index contributed by atoms with van der Waals surface area (Å²) in [6.07, 6.45) is 22.3. The molecule has 3 nitrogen and oxygen atoms in total. The molecule has 0 bridgehead atoms. The molecule has 0 saturated heterocycles. The highest BCUT2D eigenvalue weighted by Crippen LogP contribution is 2.15. The standard InChI is InChI=1S/C24H38N2.2BrH.H2O/c1-3-5-7-9-11-17-25-19-13-23(14-20-25)24-15-21-26(22-16-24)18-12-10-8-6-4-2;;;/h13-16,19-22H,3-12,17-18H2,1-2H3;2*1H;1H2/q+2;;;/p-2. The first-order chi connectivity index (χ1) is 12.8. The van der Waals surface area contributed by atoms with E-state index >= 15 is 0 Å². The van der Waals surface area contributed by atoms with E-state index in [-0.39, 0.29) is 39.4 Å². The molecule has 0 atom stereocenters. The quantitative estimate of drug-likeness (QED) is 0.236. The number of aromatic nitrogens is 2. The maximum absolute atomic E-state index is 2.31. The summed E-state index contributed by atoms with van der Waals surface area (Å²) in [5, 5.41) is 0. The molecule has 0 aliphatic carbocycles. The lowest BCUT2D eigenvalue weighted by Crippen LogP contribution is -3.00. The van der Waals surface area contributed by atoms with Crippen LogP contribution in [0.5, 0.6) is 0 Å². The lowest BCUT2D eigenvalue weighted by molar-refractivity contribution is -0.697. The zero-order chi connectivity index (χ0) is 18.5. The minimum absolute atomic E-state index is 0. The fraction of sp³-hybridized carbons (Fsp3) is 0.583. The third-order valence-electron chi connectivity index (χ3n) is 5.16. The molecule has 0 radical (unpaired) electrons. The molecule has 2 N–H and O–H groups in total. The predicted octanol–water partition coefficient (Wildman–Crippen LogP) is -0.947. The van der Waals surface area contributed by atoms with Crippen LogP contribution < -0.4 is 43.1 Å². The maximum Gasteiger partial charge on any atom is 0.169 e. The number of hydrogen-bond acceptors (Lipinski definition) is 0. The Kier molecular flexibility index (Phi) is 20.1. The fourth-order valence-corrected chi connectivity index (χ4v) is 3.39. The molecule has 166 valence electrons. The Hall–Kier alpha value is -0.780. The van der Waals surface area contributed by atoms with Crippen molar-refractivity contribution in [1.29, 1.82) is 0 Å². The number of nitrogens with zero attached hydrogens (tertiary/aromatic N) is 2. The van der Waals surface area contributed by atoms with Crippen LogP contribution in [0.1, 0.15) is 78.1 Å². The molecule has 2 rings (SSSR count). The van der Waals surface area contributed by atoms with Gasteiger partial charge in [0.1, 0.15) is 13.1 Å². The van der Waals surface area contributed by atoms with Crippen LogP contribution in [0.2, 0.25) is 0 Å². The van der Waals surface area contributed by atoms with Crippen molar-refractivity contribution in [2.75, 3.05) is 0 Å². The van der Waals surface area contributed by atoms with Gasteiger partial charge in [0.25, 0.3) is 0 Å². The Bertz CT molecular complexity index is 548. The molecule has 0 unspecified atom stereocenters. The highest BCUT2D eigenvalue weighted by molar-refractivity contribution is 5.60. The van der Waals surface area contributed by atoms with Crippen molar-refractivity contribution in [3.63, 3.8) is 0 Å². The molecule has 0 fully saturated rings. The van der Waals surface area contributed by atoms with Gasteiger partial charge in [-0.2, -0.15) is 0 Å². The Labute approximate surface area is 199 Å². The van der Waals surface area contributed by atoms with E-state index < -0.39 is 0 Å². The minimum atomic E-state index is 0. The average Bonchev–Trinajstić information content (AvgIpc) is 2.69. The van der Waals surface area contributed by atoms with Crippen LogP contribution in [0.3, 0.4) is 0 Å². The van der Waals surface area contributed by atoms with Gasteiger partial charge in [-0.3, -0.25) is 0 Å². The van der Waals surface area contributed by atoms with Gasteiger partial charge in [-0.05, 0) is 24.0 Å². The van der Waals surface area contributed by atoms with Crippen molar-refractivity contribution in [1.82, 2.24) is 0 Å². The smallest absolute Gasteiger partial charge is 0.169 e. The number of rotatable bonds is 13. The van der Waals surface area contributed by atoms with E-state index in [1.165, 1.54) is 75.3 Å². The lowest BCUT2D eigenvalue weighted by Gasteiger charge is -2.02. The van der Waals surface area contributed by atoms with Gasteiger partial charge in [0.15, 0.2) is 24.8 Å². The third-order valence-corrected chi connectivity index (χ3v) is 5.16. The van der Waals surface area contributed by atoms with E-state index in [9.17, 15) is 0 Å². The van der Waals surface area contributed by atoms with E-state index in [4.69, 9.17) is 0 Å². The molecule has 0 saturated carbocycles. The van der Waals surface area contributed by atoms with Crippen LogP contribution in [0.25, 0.3) is 11.1 Å². The van der Waals surface area contributed by atoms with Crippen molar-refractivity contribution in [2.45, 2.75) is 91.1 Å². The zero-order valence-electron chi connectivity index (χ0n) is 18.3. The molecule has 0 aliphatic rings. The van der Waals surface area contributed by atoms with Gasteiger partial charge in [-0.25, -0.2) is 9.13 Å². The second-order valence-corrected chi connectivity index (χ2v) is 7.48. The van der Waals surface area contributed by atoms with Crippen LogP contribution in [0.4, 0.5) is 0 Å². The van der Waals surface area contributed by atoms with E-state index in [0.717, 1.165) is 13.1 Å². The molecule has 2 heterocycles. The second-order valence-electron chi connectivity index (χ2n) is 7.48. The van der Waals surface area contributed by atoms with Gasteiger partial charge in [0.2, 0.25) is 0 Å². The lowest BCUT2D eigenvalue weighted by atomic mass is 10.1. The van der Waals surface area contributed by atoms with Crippen molar-refractivity contribution < 1.29 is 48.6 Å². The predicted molar refractivity (Wildman–Crippen MR) is 113 cm³/mol. The largest absolute Gasteiger partial charge is 1.00 e. The molecule has 2 aromatic rings. The monoisotopic (exact) mass is 530 g/mol. The summed E-state index contributed by atoms with van der Waals surface area (Å²) >= 11 is 0. The topological polar surface area (TPSA) is 39.3 Å². The Morgan fingerprint density at radius 2 is 0.828 bits per heavy atom. The molecule has 0 amide bonds. The molecule has 2 aromatic heterocycles. The van der Waals surface area contributed by atoms with E-state index in [1.54, 1.807) is 0 Å². The molecule has 0 spiro atoms. The first kappa shape index (κ1) is 30.4. The van der Waals surface area contributed by atoms with Gasteiger partial charge in [0, 0.05) is 37.1 Å². The molecule has 29 heavy (non-hydrogen) atoms. The summed E-state index contributed by atoms with van der Waals surface area (Å²) in [5.74, 6) is 0. The first-order valence-electron chi connectivity index (χ1n) is 10.8. The molecule has 0 aliphatic heterocycles. The number of halogens is 2. The molecular formula is C24H40Br2N2O. The third kappa shape index (κ3) is 12.5. The van der Waals surface area contributed by atoms with Gasteiger partial charge < -0.3 is 39.4 Å². The number of hydrogen-bond donors (Lipinski definition) is 0. The maximum atomic E-state index is 2.31. The van der Waals surface area contributed by atoms with Gasteiger partial charge in [-0.1, -0.05) is 52.4 Å². The number of aryl methyl sites for hydroxylation is 2. The van der Waals surface area contributed by atoms with Gasteiger partial charge >= 0.3 is 0 Å². The summed E-state index contributed by atoms with van der Waals surface area (Å²) in [7, 11) is 0. The van der Waals surface area contributed by atoms with E-state index in [0.29, 0.717) is 0 Å². The summed E-state index contributed by atoms with van der Waals surface area (Å²) in [4.78, 5) is 0. The second kappa shape index (κ2) is 19.2. The fourth-order valence-electron chi connectivity index (χ4n) is 3.39. The van der Waals surface area contributed by atoms with Crippen LogP contribution in [0.15, 0.2) is 49.1 Å². The first-order valence-corrected chi connectivity index (χ1v) is 10.8. The molecular weight excluding hydrogens is 492 g/mol. The van der Waals surface area contributed by atoms with Crippen molar-refractivity contribution >= 4 is 0 Å². The Morgan fingerprint density at radius 1 is 0.517 bits per heavy atom. The molecule has 0 aromatic carbocycles. The van der Waals surface area contributed by atoms with E-state index in [1.807, 2.05) is 0 Å². The van der Waals surface area contributed by atoms with Crippen molar-refractivity contribution in [3.8, 4) is 11.1 Å². The highest BCUT2D eigenvalue weighted by atomic mass is 79.9. The number of unbranched alkanes of at least 4 members (excludes halogenated alkanes) is 8. The van der Waals surface area contributed by atoms with Crippen LogP contribution in [-0.4, -0.2) is 5.48 Å². The average molecular weight is 532 g/mol. The van der Waals surface area contributed by atoms with Crippen LogP contribution in [-0.2, 0) is 13.1 Å². The summed E-state index contributed by atoms with van der Waals surface area (Å²) in [6.45, 7) is 6.81. The Morgan fingerprint density at radius 3 is 1.14 bits per heavy atom. The Balaban J connectivity index is 0. The van der Waals surface area contributed by atoms with Crippen molar-refractivity contribution in [2.24, 2.45) is 0 Å². The highest BCUT2D eigenvalue weighted by Gasteiger charge is 2.06. The number of pyridine rings is 2. The summed E-state index contributed by atoms with van der Waals surface area (Å²) in [6, 6.07) is 8.99. The van der Waals surface area contributed by atoms with Crippen LogP contribution >= 0.6 is 0 Å². The summed E-state index contributed by atoms with van der Waals surface area (Å²) < 4.78 is 4.63. The molecule has 5 heteroatoms. The van der Waals surface area contributed by atoms with Crippen LogP contribution in [0, 0.1) is 0 Å². The van der Waals surface area contributed by atoms with Crippen molar-refractivity contribution in [3.05, 3.63) is 49.1 Å². The minimum Gasteiger partial charge on any atom is -1.00 e. The zero-order valence-corrected chi connectivity index (χ0v) is 21.4. The van der Waals surface area contributed by atoms with Gasteiger partial charge in [0.05, 0.1) is 0 Å². The summed E-state index contributed by atoms with van der Waals surface area (Å²) in [5.41, 5.74) is 2.62.